The lowest BCUT2D eigenvalue weighted by Gasteiger charge is -2.35. The van der Waals surface area contributed by atoms with Gasteiger partial charge in [0.2, 0.25) is 11.6 Å². The number of carbonyl (C=O) groups is 1. The molecule has 37 heavy (non-hydrogen) atoms. The molecule has 9 nitrogen and oxygen atoms in total. The van der Waals surface area contributed by atoms with Crippen molar-refractivity contribution in [2.75, 3.05) is 11.5 Å². The molecule has 1 fully saturated rings. The summed E-state index contributed by atoms with van der Waals surface area (Å²) in [4.78, 5) is 21.7. The first-order valence-corrected chi connectivity index (χ1v) is 12.0. The molecular weight excluding hydrogens is 545 g/mol. The molecule has 17 heteroatoms. The van der Waals surface area contributed by atoms with Gasteiger partial charge in [0.15, 0.2) is 0 Å². The summed E-state index contributed by atoms with van der Waals surface area (Å²) >= 11 is 0. The summed E-state index contributed by atoms with van der Waals surface area (Å²) in [6.45, 7) is 4.70. The van der Waals surface area contributed by atoms with Crippen LogP contribution in [0.1, 0.15) is 26.3 Å². The summed E-state index contributed by atoms with van der Waals surface area (Å²) in [5, 5.41) is 24.2. The van der Waals surface area contributed by atoms with Crippen molar-refractivity contribution in [1.29, 1.82) is 0 Å². The first-order chi connectivity index (χ1) is 16.7. The number of halogens is 7. The predicted molar refractivity (Wildman–Crippen MR) is 114 cm³/mol. The molecule has 0 spiro atoms. The van der Waals surface area contributed by atoms with E-state index in [0.29, 0.717) is 12.1 Å². The smallest absolute Gasteiger partial charge is 0.434 e. The van der Waals surface area contributed by atoms with Gasteiger partial charge in [0.1, 0.15) is 5.60 Å². The van der Waals surface area contributed by atoms with E-state index in [1.165, 1.54) is 0 Å². The number of alkyl halides is 6. The SMILES string of the molecule is CC(C)(C)OC(=O)N[C@H]1C[S@](=O)C[C@@H](Cc2cc(F)c([N+](=O)[O-])c(OC(C(F)(F)F)C(F)(F)F)c2)[C@@H]1O. The average Bonchev–Trinajstić information content (AvgIpc) is 2.65. The van der Waals surface area contributed by atoms with E-state index in [4.69, 9.17) is 4.74 Å². The van der Waals surface area contributed by atoms with Crippen LogP contribution in [0.15, 0.2) is 12.1 Å². The summed E-state index contributed by atoms with van der Waals surface area (Å²) < 4.78 is 113. The lowest BCUT2D eigenvalue weighted by atomic mass is 9.91. The summed E-state index contributed by atoms with van der Waals surface area (Å²) in [7, 11) is -1.65. The summed E-state index contributed by atoms with van der Waals surface area (Å²) in [5.74, 6) is -4.87. The van der Waals surface area contributed by atoms with Crippen LogP contribution in [0.4, 0.5) is 41.2 Å². The number of amides is 1. The molecule has 210 valence electrons. The zero-order chi connectivity index (χ0) is 28.5. The molecule has 1 aromatic rings. The van der Waals surface area contributed by atoms with E-state index in [1.807, 2.05) is 0 Å². The number of nitro groups is 1. The zero-order valence-electron chi connectivity index (χ0n) is 19.5. The van der Waals surface area contributed by atoms with Gasteiger partial charge in [-0.2, -0.15) is 30.7 Å². The fourth-order valence-corrected chi connectivity index (χ4v) is 5.17. The highest BCUT2D eigenvalue weighted by atomic mass is 32.2. The van der Waals surface area contributed by atoms with Crippen molar-refractivity contribution in [2.24, 2.45) is 5.92 Å². The number of alkyl carbamates (subject to hydrolysis) is 1. The Kier molecular flexibility index (Phi) is 9.05. The number of aliphatic hydroxyl groups excluding tert-OH is 1. The molecule has 1 aliphatic heterocycles. The third kappa shape index (κ3) is 8.41. The van der Waals surface area contributed by atoms with Crippen molar-refractivity contribution >= 4 is 22.6 Å². The Labute approximate surface area is 207 Å². The van der Waals surface area contributed by atoms with Gasteiger partial charge in [-0.25, -0.2) is 4.79 Å². The highest BCUT2D eigenvalue weighted by Crippen LogP contribution is 2.40. The van der Waals surface area contributed by atoms with E-state index in [2.05, 4.69) is 10.1 Å². The molecule has 0 bridgehead atoms. The number of nitrogens with zero attached hydrogens (tertiary/aromatic N) is 1. The molecule has 0 aromatic heterocycles. The maximum Gasteiger partial charge on any atom is 0.434 e. The van der Waals surface area contributed by atoms with Gasteiger partial charge < -0.3 is 19.9 Å². The minimum atomic E-state index is -6.03. The van der Waals surface area contributed by atoms with Crippen molar-refractivity contribution < 1.29 is 59.2 Å². The second-order valence-corrected chi connectivity index (χ2v) is 10.8. The molecular formula is C20H23F7N2O7S. The zero-order valence-corrected chi connectivity index (χ0v) is 20.3. The fourth-order valence-electron chi connectivity index (χ4n) is 3.56. The van der Waals surface area contributed by atoms with Gasteiger partial charge >= 0.3 is 24.1 Å². The third-order valence-electron chi connectivity index (χ3n) is 4.97. The van der Waals surface area contributed by atoms with Crippen LogP contribution < -0.4 is 10.1 Å². The van der Waals surface area contributed by atoms with Gasteiger partial charge in [-0.3, -0.25) is 14.3 Å². The average molecular weight is 568 g/mol. The number of nitro benzene ring substituents is 1. The first kappa shape index (κ1) is 30.5. The molecule has 4 atom stereocenters. The summed E-state index contributed by atoms with van der Waals surface area (Å²) in [5.41, 5.74) is -3.03. The Balaban J connectivity index is 2.37. The number of rotatable bonds is 6. The van der Waals surface area contributed by atoms with Crippen LogP contribution >= 0.6 is 0 Å². The maximum absolute atomic E-state index is 14.5. The van der Waals surface area contributed by atoms with Crippen LogP contribution in [0.5, 0.6) is 5.75 Å². The van der Waals surface area contributed by atoms with Crippen molar-refractivity contribution in [1.82, 2.24) is 5.32 Å². The number of hydrogen-bond acceptors (Lipinski definition) is 7. The van der Waals surface area contributed by atoms with E-state index in [1.54, 1.807) is 20.8 Å². The van der Waals surface area contributed by atoms with Crippen molar-refractivity contribution in [3.05, 3.63) is 33.6 Å². The number of ether oxygens (including phenoxy) is 2. The standard InChI is InChI=1S/C20H23F7N2O7S/c1-18(2,3)36-17(31)28-12-8-37(34)7-10(15(12)30)4-9-5-11(21)14(29(32)33)13(6-9)35-16(19(22,23)24)20(25,26)27/h5-6,10,12,15-16,30H,4,7-8H2,1-3H3,(H,28,31)/t10-,12+,15+,37-/m1/s1. The summed E-state index contributed by atoms with van der Waals surface area (Å²) in [6, 6.07) is -0.207. The molecule has 0 saturated carbocycles. The maximum atomic E-state index is 14.5. The molecule has 1 saturated heterocycles. The number of aliphatic hydroxyl groups is 1. The van der Waals surface area contributed by atoms with Crippen LogP contribution in [0.3, 0.4) is 0 Å². The monoisotopic (exact) mass is 568 g/mol. The molecule has 2 rings (SSSR count). The molecule has 1 aliphatic rings. The molecule has 0 unspecified atom stereocenters. The van der Waals surface area contributed by atoms with Crippen molar-refractivity contribution in [3.63, 3.8) is 0 Å². The summed E-state index contributed by atoms with van der Waals surface area (Å²) in [6.07, 6.45) is -19.4. The van der Waals surface area contributed by atoms with Gasteiger partial charge in [0.25, 0.3) is 6.10 Å². The predicted octanol–water partition coefficient (Wildman–Crippen LogP) is 3.78. The number of nitrogens with one attached hydrogen (secondary N) is 1. The van der Waals surface area contributed by atoms with E-state index >= 15 is 0 Å². The van der Waals surface area contributed by atoms with Crippen LogP contribution in [-0.2, 0) is 22.0 Å². The molecule has 1 amide bonds. The molecule has 0 radical (unpaired) electrons. The number of benzene rings is 1. The Bertz CT molecular complexity index is 1030. The number of hydrogen-bond donors (Lipinski definition) is 2. The van der Waals surface area contributed by atoms with Crippen LogP contribution in [-0.4, -0.2) is 68.0 Å². The lowest BCUT2D eigenvalue weighted by molar-refractivity contribution is -0.390. The highest BCUT2D eigenvalue weighted by molar-refractivity contribution is 7.85. The topological polar surface area (TPSA) is 128 Å². The normalized spacial score (nSPS) is 23.0. The quantitative estimate of drug-likeness (QED) is 0.304. The van der Waals surface area contributed by atoms with Crippen LogP contribution in [0, 0.1) is 21.8 Å². The Morgan fingerprint density at radius 3 is 2.24 bits per heavy atom. The second kappa shape index (κ2) is 11.0. The largest absolute Gasteiger partial charge is 0.464 e. The van der Waals surface area contributed by atoms with Crippen LogP contribution in [0.2, 0.25) is 0 Å². The van der Waals surface area contributed by atoms with Gasteiger partial charge in [-0.1, -0.05) is 0 Å². The third-order valence-corrected chi connectivity index (χ3v) is 6.50. The van der Waals surface area contributed by atoms with Gasteiger partial charge in [-0.05, 0) is 44.9 Å². The minimum absolute atomic E-state index is 0.196. The van der Waals surface area contributed by atoms with Crippen molar-refractivity contribution in [2.45, 2.75) is 63.4 Å². The molecule has 1 heterocycles. The lowest BCUT2D eigenvalue weighted by Crippen LogP contribution is -2.55. The molecule has 1 aromatic carbocycles. The van der Waals surface area contributed by atoms with E-state index in [9.17, 15) is 55.0 Å². The Hall–Kier alpha value is -2.69. The van der Waals surface area contributed by atoms with Crippen molar-refractivity contribution in [3.8, 4) is 5.75 Å². The number of carbonyl (C=O) groups excluding carboxylic acids is 1. The van der Waals surface area contributed by atoms with E-state index < -0.39 is 87.6 Å². The Morgan fingerprint density at radius 1 is 1.19 bits per heavy atom. The van der Waals surface area contributed by atoms with E-state index in [0.717, 1.165) is 0 Å². The molecule has 0 aliphatic carbocycles. The fraction of sp³-hybridized carbons (Fsp3) is 0.650. The van der Waals surface area contributed by atoms with Crippen LogP contribution in [0.25, 0.3) is 0 Å². The van der Waals surface area contributed by atoms with Gasteiger partial charge in [0.05, 0.1) is 17.1 Å². The minimum Gasteiger partial charge on any atom is -0.464 e. The van der Waals surface area contributed by atoms with E-state index in [-0.39, 0.29) is 17.1 Å². The highest BCUT2D eigenvalue weighted by Gasteiger charge is 2.59. The second-order valence-electron chi connectivity index (χ2n) is 9.24. The Morgan fingerprint density at radius 2 is 1.76 bits per heavy atom. The first-order valence-electron chi connectivity index (χ1n) is 10.5. The van der Waals surface area contributed by atoms with Gasteiger partial charge in [0, 0.05) is 28.2 Å². The van der Waals surface area contributed by atoms with Gasteiger partial charge in [-0.15, -0.1) is 0 Å². The molecule has 2 N–H and O–H groups in total.